The Morgan fingerprint density at radius 1 is 0.941 bits per heavy atom. The summed E-state index contributed by atoms with van der Waals surface area (Å²) in [6.07, 6.45) is 0. The number of para-hydroxylation sites is 1. The molecule has 0 radical (unpaired) electrons. The number of morpholine rings is 1. The summed E-state index contributed by atoms with van der Waals surface area (Å²) in [6.45, 7) is 2.18. The minimum atomic E-state index is -4.00. The molecule has 0 aliphatic carbocycles. The van der Waals surface area contributed by atoms with Gasteiger partial charge in [0.15, 0.2) is 0 Å². The monoisotopic (exact) mass is 504 g/mol. The molecule has 0 spiro atoms. The molecule has 0 aromatic heterocycles. The zero-order valence-electron chi connectivity index (χ0n) is 17.9. The fourth-order valence-corrected chi connectivity index (χ4v) is 4.77. The van der Waals surface area contributed by atoms with Gasteiger partial charge in [0.05, 0.1) is 40.2 Å². The number of halogens is 2. The van der Waals surface area contributed by atoms with E-state index in [9.17, 15) is 17.6 Å². The maximum atomic E-state index is 13.2. The van der Waals surface area contributed by atoms with Crippen LogP contribution in [-0.2, 0) is 14.8 Å². The average molecular weight is 505 g/mol. The molecule has 1 heterocycles. The van der Waals surface area contributed by atoms with Gasteiger partial charge in [0.2, 0.25) is 0 Å². The number of urea groups is 1. The largest absolute Gasteiger partial charge is 0.378 e. The predicted molar refractivity (Wildman–Crippen MR) is 131 cm³/mol. The Bertz CT molecular complexity index is 1280. The number of amides is 2. The number of nitrogens with one attached hydrogen (secondary N) is 3. The lowest BCUT2D eigenvalue weighted by atomic mass is 10.2. The molecule has 0 unspecified atom stereocenters. The van der Waals surface area contributed by atoms with Crippen LogP contribution in [0.15, 0.2) is 71.6 Å². The lowest BCUT2D eigenvalue weighted by Gasteiger charge is -2.30. The van der Waals surface area contributed by atoms with Crippen LogP contribution in [0.2, 0.25) is 5.02 Å². The predicted octanol–water partition coefficient (Wildman–Crippen LogP) is 4.76. The minimum absolute atomic E-state index is 0.0542. The van der Waals surface area contributed by atoms with Crippen molar-refractivity contribution in [3.63, 3.8) is 0 Å². The highest BCUT2D eigenvalue weighted by Crippen LogP contribution is 2.31. The van der Waals surface area contributed by atoms with Crippen molar-refractivity contribution in [2.75, 3.05) is 46.6 Å². The number of hydrogen-bond donors (Lipinski definition) is 3. The van der Waals surface area contributed by atoms with Crippen molar-refractivity contribution in [1.82, 2.24) is 0 Å². The van der Waals surface area contributed by atoms with Gasteiger partial charge in [-0.15, -0.1) is 0 Å². The number of rotatable bonds is 6. The number of sulfonamides is 1. The summed E-state index contributed by atoms with van der Waals surface area (Å²) in [6, 6.07) is 15.7. The lowest BCUT2D eigenvalue weighted by Crippen LogP contribution is -2.37. The lowest BCUT2D eigenvalue weighted by molar-refractivity contribution is 0.123. The van der Waals surface area contributed by atoms with Gasteiger partial charge in [-0.1, -0.05) is 23.7 Å². The van der Waals surface area contributed by atoms with Crippen molar-refractivity contribution in [3.8, 4) is 0 Å². The van der Waals surface area contributed by atoms with Gasteiger partial charge < -0.3 is 20.3 Å². The van der Waals surface area contributed by atoms with Crippen LogP contribution in [0.5, 0.6) is 0 Å². The second-order valence-corrected chi connectivity index (χ2v) is 9.54. The Balaban J connectivity index is 1.62. The number of carbonyl (C=O) groups is 1. The van der Waals surface area contributed by atoms with E-state index in [1.807, 2.05) is 4.90 Å². The first-order chi connectivity index (χ1) is 16.3. The fraction of sp³-hybridized carbons (Fsp3) is 0.174. The van der Waals surface area contributed by atoms with Gasteiger partial charge in [-0.3, -0.25) is 4.72 Å². The maximum absolute atomic E-state index is 13.2. The van der Waals surface area contributed by atoms with Gasteiger partial charge in [0.1, 0.15) is 5.82 Å². The molecule has 1 fully saturated rings. The standard InChI is InChI=1S/C23H22ClFN4O4S/c24-19-3-1-2-4-20(19)28-34(31,32)18-9-10-22(29-11-13-33-14-12-29)21(15-18)27-23(30)26-17-7-5-16(25)6-8-17/h1-10,15,28H,11-14H2,(H2,26,27,30). The third-order valence-electron chi connectivity index (χ3n) is 5.10. The van der Waals surface area contributed by atoms with E-state index in [-0.39, 0.29) is 15.6 Å². The number of anilines is 4. The molecule has 34 heavy (non-hydrogen) atoms. The van der Waals surface area contributed by atoms with E-state index in [4.69, 9.17) is 16.3 Å². The van der Waals surface area contributed by atoms with Crippen molar-refractivity contribution in [3.05, 3.63) is 77.6 Å². The van der Waals surface area contributed by atoms with E-state index >= 15 is 0 Å². The molecule has 1 aliphatic heterocycles. The van der Waals surface area contributed by atoms with Crippen LogP contribution in [0.1, 0.15) is 0 Å². The minimum Gasteiger partial charge on any atom is -0.378 e. The van der Waals surface area contributed by atoms with Gasteiger partial charge in [0, 0.05) is 18.8 Å². The van der Waals surface area contributed by atoms with Gasteiger partial charge in [-0.05, 0) is 54.6 Å². The van der Waals surface area contributed by atoms with Crippen LogP contribution in [0.25, 0.3) is 0 Å². The van der Waals surface area contributed by atoms with Crippen molar-refractivity contribution in [1.29, 1.82) is 0 Å². The second-order valence-electron chi connectivity index (χ2n) is 7.45. The zero-order valence-corrected chi connectivity index (χ0v) is 19.5. The topological polar surface area (TPSA) is 99.8 Å². The molecule has 3 aromatic rings. The molecule has 4 rings (SSSR count). The Labute approximate surface area is 201 Å². The summed E-state index contributed by atoms with van der Waals surface area (Å²) in [4.78, 5) is 14.6. The van der Waals surface area contributed by atoms with Gasteiger partial charge in [-0.25, -0.2) is 17.6 Å². The second kappa shape index (κ2) is 10.3. The van der Waals surface area contributed by atoms with E-state index in [0.29, 0.717) is 43.4 Å². The van der Waals surface area contributed by atoms with Crippen LogP contribution in [0.3, 0.4) is 0 Å². The smallest absolute Gasteiger partial charge is 0.323 e. The van der Waals surface area contributed by atoms with Crippen molar-refractivity contribution < 1.29 is 22.3 Å². The number of benzene rings is 3. The molecule has 8 nitrogen and oxygen atoms in total. The van der Waals surface area contributed by atoms with Crippen molar-refractivity contribution in [2.45, 2.75) is 4.90 Å². The Morgan fingerprint density at radius 3 is 2.35 bits per heavy atom. The summed E-state index contributed by atoms with van der Waals surface area (Å²) in [5, 5.41) is 5.58. The first kappa shape index (κ1) is 23.8. The maximum Gasteiger partial charge on any atom is 0.323 e. The Morgan fingerprint density at radius 2 is 1.65 bits per heavy atom. The van der Waals surface area contributed by atoms with E-state index in [0.717, 1.165) is 0 Å². The number of carbonyl (C=O) groups excluding carboxylic acids is 1. The highest BCUT2D eigenvalue weighted by atomic mass is 35.5. The van der Waals surface area contributed by atoms with E-state index in [1.54, 1.807) is 30.3 Å². The van der Waals surface area contributed by atoms with Gasteiger partial charge in [0.25, 0.3) is 10.0 Å². The van der Waals surface area contributed by atoms with Crippen LogP contribution in [0.4, 0.5) is 31.9 Å². The first-order valence-electron chi connectivity index (χ1n) is 10.4. The van der Waals surface area contributed by atoms with Gasteiger partial charge in [-0.2, -0.15) is 0 Å². The molecule has 3 aromatic carbocycles. The molecule has 0 bridgehead atoms. The molecular formula is C23H22ClFN4O4S. The summed E-state index contributed by atoms with van der Waals surface area (Å²) in [5.74, 6) is -0.426. The van der Waals surface area contributed by atoms with Crippen LogP contribution < -0.4 is 20.3 Å². The zero-order chi connectivity index (χ0) is 24.1. The molecule has 0 saturated carbocycles. The third kappa shape index (κ3) is 5.77. The molecule has 0 atom stereocenters. The molecule has 3 N–H and O–H groups in total. The molecule has 1 aliphatic rings. The highest BCUT2D eigenvalue weighted by molar-refractivity contribution is 7.92. The molecule has 2 amide bonds. The summed E-state index contributed by atoms with van der Waals surface area (Å²) >= 11 is 6.10. The number of ether oxygens (including phenoxy) is 1. The summed E-state index contributed by atoms with van der Waals surface area (Å²) < 4.78 is 47.1. The first-order valence-corrected chi connectivity index (χ1v) is 12.3. The van der Waals surface area contributed by atoms with Crippen LogP contribution >= 0.6 is 11.6 Å². The van der Waals surface area contributed by atoms with Crippen LogP contribution in [-0.4, -0.2) is 40.8 Å². The summed E-state index contributed by atoms with van der Waals surface area (Å²) in [7, 11) is -4.00. The van der Waals surface area contributed by atoms with Crippen molar-refractivity contribution in [2.24, 2.45) is 0 Å². The van der Waals surface area contributed by atoms with Crippen LogP contribution in [0, 0.1) is 5.82 Å². The fourth-order valence-electron chi connectivity index (χ4n) is 3.43. The molecule has 11 heteroatoms. The normalized spacial score (nSPS) is 13.9. The van der Waals surface area contributed by atoms with Gasteiger partial charge >= 0.3 is 6.03 Å². The number of nitrogens with zero attached hydrogens (tertiary/aromatic N) is 1. The Hall–Kier alpha value is -3.34. The highest BCUT2D eigenvalue weighted by Gasteiger charge is 2.22. The average Bonchev–Trinajstić information content (AvgIpc) is 2.82. The van der Waals surface area contributed by atoms with E-state index < -0.39 is 21.9 Å². The molecule has 1 saturated heterocycles. The molecular weight excluding hydrogens is 483 g/mol. The number of hydrogen-bond acceptors (Lipinski definition) is 5. The SMILES string of the molecule is O=C(Nc1ccc(F)cc1)Nc1cc(S(=O)(=O)Nc2ccccc2Cl)ccc1N1CCOCC1. The molecule has 178 valence electrons. The summed E-state index contributed by atoms with van der Waals surface area (Å²) in [5.41, 5.74) is 1.57. The third-order valence-corrected chi connectivity index (χ3v) is 6.79. The van der Waals surface area contributed by atoms with Crippen molar-refractivity contribution >= 4 is 50.4 Å². The van der Waals surface area contributed by atoms with E-state index in [2.05, 4.69) is 15.4 Å². The Kier molecular flexibility index (Phi) is 7.20. The van der Waals surface area contributed by atoms with E-state index in [1.165, 1.54) is 36.4 Å². The quantitative estimate of drug-likeness (QED) is 0.449.